The van der Waals surface area contributed by atoms with E-state index in [4.69, 9.17) is 4.74 Å². The first-order valence-electron chi connectivity index (χ1n) is 6.09. The van der Waals surface area contributed by atoms with Crippen molar-refractivity contribution in [1.82, 2.24) is 24.8 Å². The molecule has 0 aromatic carbocycles. The lowest BCUT2D eigenvalue weighted by Crippen LogP contribution is -2.34. The number of nitrogens with one attached hydrogen (secondary N) is 1. The lowest BCUT2D eigenvalue weighted by atomic mass is 10.1. The van der Waals surface area contributed by atoms with E-state index in [0.29, 0.717) is 5.88 Å². The Morgan fingerprint density at radius 3 is 2.94 bits per heavy atom. The SMILES string of the molecule is c1cn(-c2cc(OC3CCNCC3)ncn2)cn1. The molecule has 3 rings (SSSR count). The molecule has 1 N–H and O–H groups in total. The van der Waals surface area contributed by atoms with Crippen molar-refractivity contribution in [2.75, 3.05) is 13.1 Å². The number of nitrogens with zero attached hydrogens (tertiary/aromatic N) is 4. The van der Waals surface area contributed by atoms with Gasteiger partial charge in [-0.1, -0.05) is 0 Å². The quantitative estimate of drug-likeness (QED) is 0.866. The van der Waals surface area contributed by atoms with E-state index in [0.717, 1.165) is 31.7 Å². The highest BCUT2D eigenvalue weighted by molar-refractivity contribution is 5.26. The lowest BCUT2D eigenvalue weighted by Gasteiger charge is -2.23. The van der Waals surface area contributed by atoms with Gasteiger partial charge in [-0.15, -0.1) is 0 Å². The van der Waals surface area contributed by atoms with Gasteiger partial charge in [-0.2, -0.15) is 0 Å². The molecule has 1 fully saturated rings. The van der Waals surface area contributed by atoms with Crippen LogP contribution < -0.4 is 10.1 Å². The van der Waals surface area contributed by atoms with E-state index in [1.165, 1.54) is 6.33 Å². The minimum Gasteiger partial charge on any atom is -0.474 e. The molecular formula is C12H15N5O. The molecule has 0 atom stereocenters. The number of piperidine rings is 1. The van der Waals surface area contributed by atoms with E-state index in [-0.39, 0.29) is 6.10 Å². The summed E-state index contributed by atoms with van der Waals surface area (Å²) in [6.45, 7) is 2.01. The molecule has 0 spiro atoms. The second-order valence-corrected chi connectivity index (χ2v) is 4.25. The minimum atomic E-state index is 0.247. The number of rotatable bonds is 3. The summed E-state index contributed by atoms with van der Waals surface area (Å²) < 4.78 is 7.70. The van der Waals surface area contributed by atoms with Crippen LogP contribution in [0.3, 0.4) is 0 Å². The van der Waals surface area contributed by atoms with Crippen LogP contribution in [0.5, 0.6) is 5.88 Å². The van der Waals surface area contributed by atoms with Gasteiger partial charge in [0.1, 0.15) is 24.6 Å². The summed E-state index contributed by atoms with van der Waals surface area (Å²) in [4.78, 5) is 12.3. The van der Waals surface area contributed by atoms with E-state index in [1.807, 2.05) is 16.8 Å². The van der Waals surface area contributed by atoms with E-state index >= 15 is 0 Å². The summed E-state index contributed by atoms with van der Waals surface area (Å²) in [5.41, 5.74) is 0. The summed E-state index contributed by atoms with van der Waals surface area (Å²) in [5, 5.41) is 3.31. The third-order valence-corrected chi connectivity index (χ3v) is 2.97. The van der Waals surface area contributed by atoms with Crippen molar-refractivity contribution in [2.24, 2.45) is 0 Å². The van der Waals surface area contributed by atoms with Crippen LogP contribution in [0.2, 0.25) is 0 Å². The Labute approximate surface area is 105 Å². The average molecular weight is 245 g/mol. The molecule has 1 saturated heterocycles. The van der Waals surface area contributed by atoms with Gasteiger partial charge in [0.15, 0.2) is 0 Å². The fourth-order valence-corrected chi connectivity index (χ4v) is 2.01. The van der Waals surface area contributed by atoms with E-state index in [9.17, 15) is 0 Å². The van der Waals surface area contributed by atoms with Gasteiger partial charge in [0, 0.05) is 18.5 Å². The van der Waals surface area contributed by atoms with Gasteiger partial charge in [-0.05, 0) is 25.9 Å². The summed E-state index contributed by atoms with van der Waals surface area (Å²) in [7, 11) is 0. The summed E-state index contributed by atoms with van der Waals surface area (Å²) >= 11 is 0. The van der Waals surface area contributed by atoms with Crippen LogP contribution in [-0.2, 0) is 0 Å². The molecular weight excluding hydrogens is 230 g/mol. The lowest BCUT2D eigenvalue weighted by molar-refractivity contribution is 0.155. The van der Waals surface area contributed by atoms with Crippen LogP contribution in [0.25, 0.3) is 5.82 Å². The largest absolute Gasteiger partial charge is 0.474 e. The fraction of sp³-hybridized carbons (Fsp3) is 0.417. The fourth-order valence-electron chi connectivity index (χ4n) is 2.01. The molecule has 94 valence electrons. The van der Waals surface area contributed by atoms with Crippen LogP contribution in [0, 0.1) is 0 Å². The van der Waals surface area contributed by atoms with E-state index in [2.05, 4.69) is 20.3 Å². The molecule has 0 amide bonds. The Morgan fingerprint density at radius 1 is 1.28 bits per heavy atom. The zero-order valence-corrected chi connectivity index (χ0v) is 9.99. The zero-order valence-electron chi connectivity index (χ0n) is 9.99. The summed E-state index contributed by atoms with van der Waals surface area (Å²) in [6, 6.07) is 1.84. The van der Waals surface area contributed by atoms with Gasteiger partial charge >= 0.3 is 0 Å². The molecule has 0 unspecified atom stereocenters. The number of imidazole rings is 1. The van der Waals surface area contributed by atoms with Crippen molar-refractivity contribution < 1.29 is 4.74 Å². The molecule has 18 heavy (non-hydrogen) atoms. The van der Waals surface area contributed by atoms with Crippen molar-refractivity contribution in [2.45, 2.75) is 18.9 Å². The Hall–Kier alpha value is -1.95. The summed E-state index contributed by atoms with van der Waals surface area (Å²) in [5.74, 6) is 1.40. The third kappa shape index (κ3) is 2.48. The topological polar surface area (TPSA) is 64.9 Å². The van der Waals surface area contributed by atoms with Crippen LogP contribution in [-0.4, -0.2) is 38.7 Å². The highest BCUT2D eigenvalue weighted by Crippen LogP contribution is 2.15. The minimum absolute atomic E-state index is 0.247. The predicted molar refractivity (Wildman–Crippen MR) is 65.7 cm³/mol. The zero-order chi connectivity index (χ0) is 12.2. The first kappa shape index (κ1) is 11.2. The van der Waals surface area contributed by atoms with E-state index < -0.39 is 0 Å². The third-order valence-electron chi connectivity index (χ3n) is 2.97. The molecule has 0 radical (unpaired) electrons. The molecule has 0 bridgehead atoms. The molecule has 1 aliphatic heterocycles. The van der Waals surface area contributed by atoms with Crippen molar-refractivity contribution in [3.05, 3.63) is 31.1 Å². The monoisotopic (exact) mass is 245 g/mol. The van der Waals surface area contributed by atoms with Gasteiger partial charge in [-0.3, -0.25) is 4.57 Å². The predicted octanol–water partition coefficient (Wildman–Crippen LogP) is 0.793. The van der Waals surface area contributed by atoms with Crippen molar-refractivity contribution >= 4 is 0 Å². The first-order valence-corrected chi connectivity index (χ1v) is 6.09. The maximum Gasteiger partial charge on any atom is 0.218 e. The van der Waals surface area contributed by atoms with Crippen LogP contribution >= 0.6 is 0 Å². The van der Waals surface area contributed by atoms with Crippen LogP contribution in [0.15, 0.2) is 31.1 Å². The van der Waals surface area contributed by atoms with Gasteiger partial charge in [0.05, 0.1) is 0 Å². The Bertz CT molecular complexity index is 493. The van der Waals surface area contributed by atoms with Crippen LogP contribution in [0.1, 0.15) is 12.8 Å². The van der Waals surface area contributed by atoms with Gasteiger partial charge in [0.2, 0.25) is 5.88 Å². The normalized spacial score (nSPS) is 16.7. The van der Waals surface area contributed by atoms with Gasteiger partial charge in [-0.25, -0.2) is 15.0 Å². The van der Waals surface area contributed by atoms with Crippen molar-refractivity contribution in [1.29, 1.82) is 0 Å². The second-order valence-electron chi connectivity index (χ2n) is 4.25. The average Bonchev–Trinajstić information content (AvgIpc) is 2.94. The smallest absolute Gasteiger partial charge is 0.218 e. The maximum atomic E-state index is 5.87. The summed E-state index contributed by atoms with van der Waals surface area (Å²) in [6.07, 6.45) is 9.07. The second kappa shape index (κ2) is 5.14. The maximum absolute atomic E-state index is 5.87. The standard InChI is InChI=1S/C12H15N5O/c1-3-13-4-2-10(1)18-12-7-11(15-8-16-12)17-6-5-14-9-17/h5-10,13H,1-4H2. The van der Waals surface area contributed by atoms with E-state index in [1.54, 1.807) is 12.5 Å². The van der Waals surface area contributed by atoms with Crippen molar-refractivity contribution in [3.63, 3.8) is 0 Å². The first-order chi connectivity index (χ1) is 8.92. The number of aromatic nitrogens is 4. The Balaban J connectivity index is 1.74. The molecule has 0 aliphatic carbocycles. The number of hydrogen-bond donors (Lipinski definition) is 1. The van der Waals surface area contributed by atoms with Crippen molar-refractivity contribution in [3.8, 4) is 11.7 Å². The molecule has 6 heteroatoms. The Kier molecular flexibility index (Phi) is 3.18. The number of hydrogen-bond acceptors (Lipinski definition) is 5. The highest BCUT2D eigenvalue weighted by atomic mass is 16.5. The molecule has 3 heterocycles. The highest BCUT2D eigenvalue weighted by Gasteiger charge is 2.15. The number of ether oxygens (including phenoxy) is 1. The molecule has 2 aromatic rings. The van der Waals surface area contributed by atoms with Crippen LogP contribution in [0.4, 0.5) is 0 Å². The molecule has 0 saturated carbocycles. The molecule has 6 nitrogen and oxygen atoms in total. The van der Waals surface area contributed by atoms with Gasteiger partial charge in [0.25, 0.3) is 0 Å². The molecule has 1 aliphatic rings. The van der Waals surface area contributed by atoms with Gasteiger partial charge < -0.3 is 10.1 Å². The Morgan fingerprint density at radius 2 is 2.17 bits per heavy atom. The molecule has 2 aromatic heterocycles.